The summed E-state index contributed by atoms with van der Waals surface area (Å²) in [5.41, 5.74) is 2.79. The van der Waals surface area contributed by atoms with Crippen molar-refractivity contribution in [3.8, 4) is 0 Å². The van der Waals surface area contributed by atoms with Crippen LogP contribution in [0.25, 0.3) is 0 Å². The molecule has 1 atom stereocenters. The van der Waals surface area contributed by atoms with Crippen molar-refractivity contribution in [2.45, 2.75) is 13.0 Å². The Morgan fingerprint density at radius 3 is 2.16 bits per heavy atom. The van der Waals surface area contributed by atoms with Crippen molar-refractivity contribution in [3.05, 3.63) is 65.7 Å². The second-order valence-electron chi connectivity index (χ2n) is 4.60. The Hall–Kier alpha value is -2.29. The lowest BCUT2D eigenvalue weighted by Crippen LogP contribution is -2.30. The summed E-state index contributed by atoms with van der Waals surface area (Å²) < 4.78 is 0. The number of aryl methyl sites for hydroxylation is 1. The van der Waals surface area contributed by atoms with E-state index in [1.807, 2.05) is 61.5 Å². The van der Waals surface area contributed by atoms with Crippen LogP contribution in [0.5, 0.6) is 0 Å². The lowest BCUT2D eigenvalue weighted by atomic mass is 10.0. The smallest absolute Gasteiger partial charge is 0.331 e. The van der Waals surface area contributed by atoms with Crippen LogP contribution < -0.4 is 4.90 Å². The molecule has 0 aromatic heterocycles. The molecule has 98 valence electrons. The Bertz CT molecular complexity index is 549. The standard InChI is InChI=1S/C16H17NO2/c1-12-8-10-13(11-9-12)15(16(18)19)17(2)14-6-4-3-5-7-14/h3-11,15H,1-2H3,(H,18,19). The Balaban J connectivity index is 2.36. The minimum atomic E-state index is -0.852. The van der Waals surface area contributed by atoms with Crippen LogP contribution in [0.1, 0.15) is 17.2 Å². The van der Waals surface area contributed by atoms with E-state index in [1.54, 1.807) is 11.9 Å². The first-order valence-electron chi connectivity index (χ1n) is 6.17. The molecular formula is C16H17NO2. The monoisotopic (exact) mass is 255 g/mol. The topological polar surface area (TPSA) is 40.5 Å². The third-order valence-electron chi connectivity index (χ3n) is 3.18. The number of carboxylic acids is 1. The van der Waals surface area contributed by atoms with Crippen molar-refractivity contribution in [2.75, 3.05) is 11.9 Å². The maximum atomic E-state index is 11.6. The number of carboxylic acid groups (broad SMARTS) is 1. The predicted molar refractivity (Wildman–Crippen MR) is 76.4 cm³/mol. The van der Waals surface area contributed by atoms with Gasteiger partial charge in [0.05, 0.1) is 0 Å². The molecule has 0 aliphatic carbocycles. The molecule has 0 saturated carbocycles. The molecule has 0 aliphatic rings. The zero-order chi connectivity index (χ0) is 13.8. The van der Waals surface area contributed by atoms with Crippen molar-refractivity contribution < 1.29 is 9.90 Å². The van der Waals surface area contributed by atoms with Crippen molar-refractivity contribution >= 4 is 11.7 Å². The van der Waals surface area contributed by atoms with Gasteiger partial charge in [0.1, 0.15) is 0 Å². The van der Waals surface area contributed by atoms with E-state index < -0.39 is 12.0 Å². The van der Waals surface area contributed by atoms with Gasteiger partial charge in [-0.3, -0.25) is 0 Å². The number of nitrogens with zero attached hydrogens (tertiary/aromatic N) is 1. The molecule has 3 heteroatoms. The van der Waals surface area contributed by atoms with Crippen molar-refractivity contribution in [1.29, 1.82) is 0 Å². The minimum Gasteiger partial charge on any atom is -0.479 e. The molecule has 2 aromatic rings. The molecule has 0 heterocycles. The minimum absolute atomic E-state index is 0.678. The predicted octanol–water partition coefficient (Wildman–Crippen LogP) is 3.26. The van der Waals surface area contributed by atoms with Crippen LogP contribution in [0.4, 0.5) is 5.69 Å². The van der Waals surface area contributed by atoms with E-state index in [1.165, 1.54) is 0 Å². The number of carbonyl (C=O) groups is 1. The summed E-state index contributed by atoms with van der Waals surface area (Å²) in [6, 6.07) is 16.5. The maximum Gasteiger partial charge on any atom is 0.331 e. The van der Waals surface area contributed by atoms with Crippen LogP contribution in [-0.2, 0) is 4.79 Å². The quantitative estimate of drug-likeness (QED) is 0.911. The second-order valence-corrected chi connectivity index (χ2v) is 4.60. The Kier molecular flexibility index (Phi) is 3.85. The SMILES string of the molecule is Cc1ccc(C(C(=O)O)N(C)c2ccccc2)cc1. The summed E-state index contributed by atoms with van der Waals surface area (Å²) in [4.78, 5) is 13.3. The lowest BCUT2D eigenvalue weighted by Gasteiger charge is -2.27. The average molecular weight is 255 g/mol. The van der Waals surface area contributed by atoms with Crippen LogP contribution in [0.2, 0.25) is 0 Å². The van der Waals surface area contributed by atoms with Crippen LogP contribution in [0, 0.1) is 6.92 Å². The molecule has 3 nitrogen and oxygen atoms in total. The zero-order valence-electron chi connectivity index (χ0n) is 11.1. The number of para-hydroxylation sites is 1. The summed E-state index contributed by atoms with van der Waals surface area (Å²) in [6.07, 6.45) is 0. The first-order chi connectivity index (χ1) is 9.09. The van der Waals surface area contributed by atoms with Crippen LogP contribution in [-0.4, -0.2) is 18.1 Å². The largest absolute Gasteiger partial charge is 0.479 e. The van der Waals surface area contributed by atoms with E-state index in [2.05, 4.69) is 0 Å². The zero-order valence-corrected chi connectivity index (χ0v) is 11.1. The maximum absolute atomic E-state index is 11.6. The first kappa shape index (κ1) is 13.1. The fourth-order valence-electron chi connectivity index (χ4n) is 2.09. The van der Waals surface area contributed by atoms with Gasteiger partial charge in [0.15, 0.2) is 6.04 Å². The molecule has 0 fully saturated rings. The Morgan fingerprint density at radius 2 is 1.63 bits per heavy atom. The normalized spacial score (nSPS) is 11.9. The highest BCUT2D eigenvalue weighted by Gasteiger charge is 2.24. The van der Waals surface area contributed by atoms with E-state index in [4.69, 9.17) is 0 Å². The fourth-order valence-corrected chi connectivity index (χ4v) is 2.09. The molecule has 19 heavy (non-hydrogen) atoms. The summed E-state index contributed by atoms with van der Waals surface area (Å²) in [5.74, 6) is -0.852. The van der Waals surface area contributed by atoms with Gasteiger partial charge in [-0.1, -0.05) is 48.0 Å². The lowest BCUT2D eigenvalue weighted by molar-refractivity contribution is -0.138. The number of anilines is 1. The summed E-state index contributed by atoms with van der Waals surface area (Å²) in [6.45, 7) is 1.99. The molecule has 0 bridgehead atoms. The third-order valence-corrected chi connectivity index (χ3v) is 3.18. The molecule has 0 saturated heterocycles. The molecule has 2 aromatic carbocycles. The molecule has 0 aliphatic heterocycles. The van der Waals surface area contributed by atoms with Crippen LogP contribution >= 0.6 is 0 Å². The average Bonchev–Trinajstić information content (AvgIpc) is 2.42. The van der Waals surface area contributed by atoms with Gasteiger partial charge in [0, 0.05) is 12.7 Å². The Labute approximate surface area is 113 Å². The van der Waals surface area contributed by atoms with Gasteiger partial charge in [0.2, 0.25) is 0 Å². The molecule has 1 unspecified atom stereocenters. The highest BCUT2D eigenvalue weighted by molar-refractivity contribution is 5.80. The number of hydrogen-bond donors (Lipinski definition) is 1. The molecule has 0 amide bonds. The fraction of sp³-hybridized carbons (Fsp3) is 0.188. The van der Waals surface area contributed by atoms with E-state index in [9.17, 15) is 9.90 Å². The van der Waals surface area contributed by atoms with Gasteiger partial charge < -0.3 is 10.0 Å². The van der Waals surface area contributed by atoms with E-state index in [-0.39, 0.29) is 0 Å². The van der Waals surface area contributed by atoms with Gasteiger partial charge >= 0.3 is 5.97 Å². The van der Waals surface area contributed by atoms with Gasteiger partial charge in [-0.25, -0.2) is 4.79 Å². The van der Waals surface area contributed by atoms with E-state index in [0.717, 1.165) is 16.8 Å². The number of benzene rings is 2. The molecule has 0 spiro atoms. The molecule has 2 rings (SSSR count). The van der Waals surface area contributed by atoms with Crippen molar-refractivity contribution in [1.82, 2.24) is 0 Å². The van der Waals surface area contributed by atoms with Crippen molar-refractivity contribution in [2.24, 2.45) is 0 Å². The highest BCUT2D eigenvalue weighted by atomic mass is 16.4. The summed E-state index contributed by atoms with van der Waals surface area (Å²) in [5, 5.41) is 9.49. The highest BCUT2D eigenvalue weighted by Crippen LogP contribution is 2.25. The molecular weight excluding hydrogens is 238 g/mol. The second kappa shape index (κ2) is 5.57. The van der Waals surface area contributed by atoms with Crippen LogP contribution in [0.3, 0.4) is 0 Å². The first-order valence-corrected chi connectivity index (χ1v) is 6.17. The summed E-state index contributed by atoms with van der Waals surface area (Å²) in [7, 11) is 1.80. The van der Waals surface area contributed by atoms with E-state index in [0.29, 0.717) is 0 Å². The molecule has 1 N–H and O–H groups in total. The number of rotatable bonds is 4. The van der Waals surface area contributed by atoms with Gasteiger partial charge in [-0.05, 0) is 24.6 Å². The van der Waals surface area contributed by atoms with Gasteiger partial charge in [-0.15, -0.1) is 0 Å². The summed E-state index contributed by atoms with van der Waals surface area (Å²) >= 11 is 0. The van der Waals surface area contributed by atoms with Crippen molar-refractivity contribution in [3.63, 3.8) is 0 Å². The van der Waals surface area contributed by atoms with Gasteiger partial charge in [0.25, 0.3) is 0 Å². The third kappa shape index (κ3) is 2.94. The molecule has 0 radical (unpaired) electrons. The number of hydrogen-bond acceptors (Lipinski definition) is 2. The van der Waals surface area contributed by atoms with Gasteiger partial charge in [-0.2, -0.15) is 0 Å². The number of likely N-dealkylation sites (N-methyl/N-ethyl adjacent to an activating group) is 1. The number of aliphatic carboxylic acids is 1. The Morgan fingerprint density at radius 1 is 1.05 bits per heavy atom. The van der Waals surface area contributed by atoms with Crippen LogP contribution in [0.15, 0.2) is 54.6 Å². The van der Waals surface area contributed by atoms with E-state index >= 15 is 0 Å².